The SMILES string of the molecule is CNC(C)c1ccc(N(C)Cc2ccncc2)cn1. The molecule has 1 unspecified atom stereocenters. The Morgan fingerprint density at radius 2 is 1.95 bits per heavy atom. The third-order valence-corrected chi connectivity index (χ3v) is 3.26. The summed E-state index contributed by atoms with van der Waals surface area (Å²) >= 11 is 0. The average molecular weight is 256 g/mol. The molecule has 0 aromatic carbocycles. The second-order valence-corrected chi connectivity index (χ2v) is 4.66. The summed E-state index contributed by atoms with van der Waals surface area (Å²) in [5.41, 5.74) is 3.41. The molecule has 0 saturated carbocycles. The van der Waals surface area contributed by atoms with Crippen molar-refractivity contribution in [1.82, 2.24) is 15.3 Å². The van der Waals surface area contributed by atoms with Crippen molar-refractivity contribution in [2.24, 2.45) is 0 Å². The van der Waals surface area contributed by atoms with Gasteiger partial charge >= 0.3 is 0 Å². The van der Waals surface area contributed by atoms with Crippen LogP contribution < -0.4 is 10.2 Å². The van der Waals surface area contributed by atoms with Gasteiger partial charge in [0.05, 0.1) is 17.6 Å². The van der Waals surface area contributed by atoms with E-state index in [2.05, 4.69) is 46.3 Å². The Morgan fingerprint density at radius 3 is 2.53 bits per heavy atom. The molecule has 0 fully saturated rings. The molecule has 0 aliphatic carbocycles. The Hall–Kier alpha value is -1.94. The second-order valence-electron chi connectivity index (χ2n) is 4.66. The van der Waals surface area contributed by atoms with E-state index in [-0.39, 0.29) is 6.04 Å². The summed E-state index contributed by atoms with van der Waals surface area (Å²) in [6, 6.07) is 8.51. The first-order valence-corrected chi connectivity index (χ1v) is 6.44. The van der Waals surface area contributed by atoms with Crippen molar-refractivity contribution in [2.45, 2.75) is 19.5 Å². The van der Waals surface area contributed by atoms with Crippen LogP contribution in [0.1, 0.15) is 24.2 Å². The van der Waals surface area contributed by atoms with Crippen LogP contribution in [0.3, 0.4) is 0 Å². The summed E-state index contributed by atoms with van der Waals surface area (Å²) < 4.78 is 0. The molecule has 0 spiro atoms. The van der Waals surface area contributed by atoms with E-state index >= 15 is 0 Å². The maximum Gasteiger partial charge on any atom is 0.0571 e. The number of pyridine rings is 2. The second kappa shape index (κ2) is 6.29. The highest BCUT2D eigenvalue weighted by Gasteiger charge is 2.06. The zero-order valence-electron chi connectivity index (χ0n) is 11.7. The topological polar surface area (TPSA) is 41.0 Å². The smallest absolute Gasteiger partial charge is 0.0571 e. The quantitative estimate of drug-likeness (QED) is 0.892. The molecule has 0 saturated heterocycles. The molecule has 0 aliphatic heterocycles. The van der Waals surface area contributed by atoms with Gasteiger partial charge in [0.15, 0.2) is 0 Å². The number of nitrogens with zero attached hydrogens (tertiary/aromatic N) is 3. The molecule has 4 nitrogen and oxygen atoms in total. The van der Waals surface area contributed by atoms with Crippen LogP contribution >= 0.6 is 0 Å². The van der Waals surface area contributed by atoms with Crippen molar-refractivity contribution in [1.29, 1.82) is 0 Å². The van der Waals surface area contributed by atoms with Gasteiger partial charge in [0, 0.05) is 32.0 Å². The first kappa shape index (κ1) is 13.5. The zero-order valence-corrected chi connectivity index (χ0v) is 11.7. The van der Waals surface area contributed by atoms with Gasteiger partial charge in [0.1, 0.15) is 0 Å². The largest absolute Gasteiger partial charge is 0.369 e. The van der Waals surface area contributed by atoms with Gasteiger partial charge in [0.25, 0.3) is 0 Å². The van der Waals surface area contributed by atoms with Gasteiger partial charge in [-0.2, -0.15) is 0 Å². The zero-order chi connectivity index (χ0) is 13.7. The fourth-order valence-electron chi connectivity index (χ4n) is 1.88. The summed E-state index contributed by atoms with van der Waals surface area (Å²) in [4.78, 5) is 10.7. The van der Waals surface area contributed by atoms with Crippen LogP contribution in [0.5, 0.6) is 0 Å². The van der Waals surface area contributed by atoms with Crippen molar-refractivity contribution < 1.29 is 0 Å². The number of nitrogens with one attached hydrogen (secondary N) is 1. The maximum atomic E-state index is 4.50. The fraction of sp³-hybridized carbons (Fsp3) is 0.333. The average Bonchev–Trinajstić information content (AvgIpc) is 2.47. The van der Waals surface area contributed by atoms with Gasteiger partial charge in [-0.15, -0.1) is 0 Å². The van der Waals surface area contributed by atoms with Crippen LogP contribution in [0, 0.1) is 0 Å². The minimum Gasteiger partial charge on any atom is -0.369 e. The van der Waals surface area contributed by atoms with E-state index in [1.807, 2.05) is 37.8 Å². The predicted molar refractivity (Wildman–Crippen MR) is 78.1 cm³/mol. The molecular weight excluding hydrogens is 236 g/mol. The summed E-state index contributed by atoms with van der Waals surface area (Å²) in [5.74, 6) is 0. The highest BCUT2D eigenvalue weighted by atomic mass is 15.1. The highest BCUT2D eigenvalue weighted by Crippen LogP contribution is 2.16. The summed E-state index contributed by atoms with van der Waals surface area (Å²) in [7, 11) is 4.01. The molecule has 0 radical (unpaired) electrons. The molecule has 0 amide bonds. The van der Waals surface area contributed by atoms with E-state index in [0.29, 0.717) is 0 Å². The molecule has 4 heteroatoms. The molecule has 1 atom stereocenters. The van der Waals surface area contributed by atoms with Crippen LogP contribution in [-0.2, 0) is 6.54 Å². The highest BCUT2D eigenvalue weighted by molar-refractivity contribution is 5.44. The monoisotopic (exact) mass is 256 g/mol. The Morgan fingerprint density at radius 1 is 1.21 bits per heavy atom. The van der Waals surface area contributed by atoms with Crippen LogP contribution in [0.4, 0.5) is 5.69 Å². The van der Waals surface area contributed by atoms with Gasteiger partial charge in [-0.1, -0.05) is 0 Å². The van der Waals surface area contributed by atoms with Crippen LogP contribution in [-0.4, -0.2) is 24.1 Å². The molecule has 2 rings (SSSR count). The van der Waals surface area contributed by atoms with Gasteiger partial charge in [0.2, 0.25) is 0 Å². The molecule has 19 heavy (non-hydrogen) atoms. The van der Waals surface area contributed by atoms with Gasteiger partial charge < -0.3 is 10.2 Å². The van der Waals surface area contributed by atoms with E-state index in [1.165, 1.54) is 5.56 Å². The molecule has 100 valence electrons. The minimum atomic E-state index is 0.277. The van der Waals surface area contributed by atoms with Gasteiger partial charge in [-0.25, -0.2) is 0 Å². The van der Waals surface area contributed by atoms with E-state index in [4.69, 9.17) is 0 Å². The molecule has 0 bridgehead atoms. The molecule has 2 heterocycles. The van der Waals surface area contributed by atoms with Gasteiger partial charge in [-0.3, -0.25) is 9.97 Å². The number of aromatic nitrogens is 2. The molecule has 2 aromatic rings. The van der Waals surface area contributed by atoms with Crippen LogP contribution in [0.2, 0.25) is 0 Å². The number of hydrogen-bond acceptors (Lipinski definition) is 4. The standard InChI is InChI=1S/C15H20N4/c1-12(16-2)15-5-4-14(10-18-15)19(3)11-13-6-8-17-9-7-13/h4-10,12,16H,11H2,1-3H3. The predicted octanol–water partition coefficient (Wildman–Crippen LogP) is 2.39. The molecule has 0 aliphatic rings. The van der Waals surface area contributed by atoms with Crippen molar-refractivity contribution in [3.05, 3.63) is 54.1 Å². The first-order valence-electron chi connectivity index (χ1n) is 6.44. The number of hydrogen-bond donors (Lipinski definition) is 1. The maximum absolute atomic E-state index is 4.50. The van der Waals surface area contributed by atoms with Crippen molar-refractivity contribution in [3.63, 3.8) is 0 Å². The van der Waals surface area contributed by atoms with E-state index in [9.17, 15) is 0 Å². The Balaban J connectivity index is 2.05. The summed E-state index contributed by atoms with van der Waals surface area (Å²) in [5, 5.41) is 3.19. The van der Waals surface area contributed by atoms with Crippen LogP contribution in [0.25, 0.3) is 0 Å². The lowest BCUT2D eigenvalue weighted by molar-refractivity contribution is 0.632. The Bertz CT molecular complexity index is 495. The lowest BCUT2D eigenvalue weighted by atomic mass is 10.2. The fourth-order valence-corrected chi connectivity index (χ4v) is 1.88. The normalized spacial score (nSPS) is 12.2. The van der Waals surface area contributed by atoms with Crippen molar-refractivity contribution >= 4 is 5.69 Å². The molecular formula is C15H20N4. The van der Waals surface area contributed by atoms with Crippen molar-refractivity contribution in [3.8, 4) is 0 Å². The molecule has 1 N–H and O–H groups in total. The first-order chi connectivity index (χ1) is 9.20. The van der Waals surface area contributed by atoms with E-state index in [0.717, 1.165) is 17.9 Å². The number of anilines is 1. The molecule has 2 aromatic heterocycles. The lowest BCUT2D eigenvalue weighted by Crippen LogP contribution is -2.18. The third kappa shape index (κ3) is 3.51. The van der Waals surface area contributed by atoms with E-state index in [1.54, 1.807) is 0 Å². The Labute approximate surface area is 114 Å². The lowest BCUT2D eigenvalue weighted by Gasteiger charge is -2.19. The van der Waals surface area contributed by atoms with Crippen LogP contribution in [0.15, 0.2) is 42.9 Å². The van der Waals surface area contributed by atoms with E-state index < -0.39 is 0 Å². The van der Waals surface area contributed by atoms with Gasteiger partial charge in [-0.05, 0) is 43.8 Å². The minimum absolute atomic E-state index is 0.277. The van der Waals surface area contributed by atoms with Crippen molar-refractivity contribution in [2.75, 3.05) is 19.0 Å². The summed E-state index contributed by atoms with van der Waals surface area (Å²) in [6.07, 6.45) is 5.56. The third-order valence-electron chi connectivity index (χ3n) is 3.26. The Kier molecular flexibility index (Phi) is 4.47. The summed E-state index contributed by atoms with van der Waals surface area (Å²) in [6.45, 7) is 2.95. The number of rotatable bonds is 5.